The van der Waals surface area contributed by atoms with Crippen molar-refractivity contribution in [2.24, 2.45) is 17.8 Å². The van der Waals surface area contributed by atoms with Gasteiger partial charge in [0, 0.05) is 6.54 Å². The lowest BCUT2D eigenvalue weighted by molar-refractivity contribution is -0.157. The molecule has 34 heavy (non-hydrogen) atoms. The van der Waals surface area contributed by atoms with Gasteiger partial charge in [-0.1, -0.05) is 36.7 Å². The lowest BCUT2D eigenvalue weighted by Gasteiger charge is -2.39. The van der Waals surface area contributed by atoms with Crippen LogP contribution in [0.3, 0.4) is 0 Å². The lowest BCUT2D eigenvalue weighted by Crippen LogP contribution is -2.58. The second kappa shape index (κ2) is 8.36. The van der Waals surface area contributed by atoms with Crippen LogP contribution in [0.4, 0.5) is 5.69 Å². The number of aliphatic hydroxyl groups is 1. The van der Waals surface area contributed by atoms with Crippen LogP contribution < -0.4 is 4.90 Å². The second-order valence-electron chi connectivity index (χ2n) is 9.96. The number of anilines is 1. The normalized spacial score (nSPS) is 34.8. The number of carbonyl (C=O) groups excluding carboxylic acids is 2. The van der Waals surface area contributed by atoms with Crippen LogP contribution in [0.15, 0.2) is 30.9 Å². The standard InChI is InChI=1S/C25H31ClN2O6/c1-6-10-27(19-13(2)8-7-9-16(19)26)22(31)20-25-11-14(3)24(5,34-25)18(23(32)33)17(25)21(30)28(20)15(4)12-29/h6-9,14-15,17-18,20,29H,1,10-12H2,2-5H3,(H,32,33)/t14?,15-,17+,18+,20?,24-,25?/m1/s1. The Morgan fingerprint density at radius 2 is 2.12 bits per heavy atom. The van der Waals surface area contributed by atoms with Crippen LogP contribution in [0.5, 0.6) is 0 Å². The highest BCUT2D eigenvalue weighted by Crippen LogP contribution is 2.65. The molecule has 4 rings (SSSR count). The number of fused-ring (bicyclic) bond motifs is 1. The van der Waals surface area contributed by atoms with E-state index in [1.807, 2.05) is 19.9 Å². The summed E-state index contributed by atoms with van der Waals surface area (Å²) in [6, 6.07) is 3.48. The molecule has 1 spiro atoms. The fraction of sp³-hybridized carbons (Fsp3) is 0.560. The maximum absolute atomic E-state index is 14.3. The van der Waals surface area contributed by atoms with Gasteiger partial charge in [-0.25, -0.2) is 0 Å². The van der Waals surface area contributed by atoms with Gasteiger partial charge in [0.05, 0.1) is 34.9 Å². The number of hydrogen-bond acceptors (Lipinski definition) is 5. The van der Waals surface area contributed by atoms with E-state index < -0.39 is 52.9 Å². The monoisotopic (exact) mass is 490 g/mol. The summed E-state index contributed by atoms with van der Waals surface area (Å²) in [7, 11) is 0. The van der Waals surface area contributed by atoms with Gasteiger partial charge in [-0.15, -0.1) is 6.58 Å². The van der Waals surface area contributed by atoms with Gasteiger partial charge in [0.1, 0.15) is 17.6 Å². The summed E-state index contributed by atoms with van der Waals surface area (Å²) in [4.78, 5) is 43.3. The number of carboxylic acid groups (broad SMARTS) is 1. The van der Waals surface area contributed by atoms with Crippen LogP contribution in [0, 0.1) is 24.7 Å². The Labute approximate surface area is 204 Å². The molecular weight excluding hydrogens is 460 g/mol. The fourth-order valence-electron chi connectivity index (χ4n) is 6.43. The first-order chi connectivity index (χ1) is 16.0. The van der Waals surface area contributed by atoms with Gasteiger partial charge >= 0.3 is 5.97 Å². The maximum Gasteiger partial charge on any atom is 0.310 e. The molecule has 0 saturated carbocycles. The van der Waals surface area contributed by atoms with Crippen molar-refractivity contribution in [3.05, 3.63) is 41.4 Å². The first-order valence-corrected chi connectivity index (χ1v) is 11.9. The Morgan fingerprint density at radius 1 is 1.44 bits per heavy atom. The highest BCUT2D eigenvalue weighted by atomic mass is 35.5. The molecule has 1 aromatic carbocycles. The molecule has 2 amide bonds. The van der Waals surface area contributed by atoms with Gasteiger partial charge in [0.15, 0.2) is 0 Å². The van der Waals surface area contributed by atoms with Crippen molar-refractivity contribution in [3.63, 3.8) is 0 Å². The maximum atomic E-state index is 14.3. The molecule has 184 valence electrons. The number of hydrogen-bond donors (Lipinski definition) is 2. The molecule has 3 saturated heterocycles. The number of ether oxygens (including phenoxy) is 1. The molecule has 9 heteroatoms. The van der Waals surface area contributed by atoms with E-state index in [1.165, 1.54) is 9.80 Å². The van der Waals surface area contributed by atoms with Crippen LogP contribution in [-0.4, -0.2) is 69.3 Å². The molecule has 3 heterocycles. The lowest BCUT2D eigenvalue weighted by atomic mass is 9.62. The average molecular weight is 491 g/mol. The third-order valence-electron chi connectivity index (χ3n) is 8.03. The van der Waals surface area contributed by atoms with E-state index in [9.17, 15) is 24.6 Å². The molecule has 1 aromatic rings. The first kappa shape index (κ1) is 24.7. The largest absolute Gasteiger partial charge is 0.481 e. The van der Waals surface area contributed by atoms with E-state index in [2.05, 4.69) is 6.58 Å². The quantitative estimate of drug-likeness (QED) is 0.569. The summed E-state index contributed by atoms with van der Waals surface area (Å²) >= 11 is 6.51. The summed E-state index contributed by atoms with van der Waals surface area (Å²) in [5.74, 6) is -4.33. The Kier molecular flexibility index (Phi) is 6.07. The topological polar surface area (TPSA) is 107 Å². The Balaban J connectivity index is 1.90. The average Bonchev–Trinajstić information content (AvgIpc) is 3.28. The van der Waals surface area contributed by atoms with Gasteiger partial charge in [-0.3, -0.25) is 14.4 Å². The van der Waals surface area contributed by atoms with Crippen LogP contribution in [-0.2, 0) is 19.1 Å². The molecule has 0 aliphatic carbocycles. The Hall–Kier alpha value is -2.42. The molecule has 2 bridgehead atoms. The highest BCUT2D eigenvalue weighted by Gasteiger charge is 2.80. The molecular formula is C25H31ClN2O6. The summed E-state index contributed by atoms with van der Waals surface area (Å²) in [5.41, 5.74) is -1.13. The number of halogens is 1. The van der Waals surface area contributed by atoms with Gasteiger partial charge < -0.3 is 24.7 Å². The Morgan fingerprint density at radius 3 is 2.68 bits per heavy atom. The second-order valence-corrected chi connectivity index (χ2v) is 10.4. The number of aliphatic carboxylic acids is 1. The van der Waals surface area contributed by atoms with E-state index in [0.29, 0.717) is 17.1 Å². The third-order valence-corrected chi connectivity index (χ3v) is 8.33. The SMILES string of the molecule is C=CCN(C(=O)C1N([C@H](C)CO)C(=O)[C@@H]2[C@@H](C(=O)O)[C@]3(C)OC12CC3C)c1c(C)cccc1Cl. The number of carboxylic acids is 1. The number of nitrogens with zero attached hydrogens (tertiary/aromatic N) is 2. The molecule has 2 N–H and O–H groups in total. The van der Waals surface area contributed by atoms with Gasteiger partial charge in [0.25, 0.3) is 5.91 Å². The molecule has 3 aliphatic heterocycles. The van der Waals surface area contributed by atoms with E-state index in [0.717, 1.165) is 5.56 Å². The van der Waals surface area contributed by atoms with Crippen molar-refractivity contribution in [3.8, 4) is 0 Å². The van der Waals surface area contributed by atoms with Crippen LogP contribution in [0.1, 0.15) is 32.8 Å². The molecule has 3 aliphatic rings. The summed E-state index contributed by atoms with van der Waals surface area (Å²) < 4.78 is 6.48. The predicted octanol–water partition coefficient (Wildman–Crippen LogP) is 2.64. The number of aliphatic hydroxyl groups excluding tert-OH is 1. The minimum absolute atomic E-state index is 0.130. The van der Waals surface area contributed by atoms with Crippen molar-refractivity contribution in [2.45, 2.75) is 57.4 Å². The van der Waals surface area contributed by atoms with E-state index >= 15 is 0 Å². The number of aryl methyl sites for hydroxylation is 1. The van der Waals surface area contributed by atoms with Gasteiger partial charge in [-0.2, -0.15) is 0 Å². The molecule has 8 nitrogen and oxygen atoms in total. The summed E-state index contributed by atoms with van der Waals surface area (Å²) in [5, 5.41) is 20.4. The van der Waals surface area contributed by atoms with E-state index in [4.69, 9.17) is 16.3 Å². The molecule has 3 unspecified atom stereocenters. The zero-order valence-electron chi connectivity index (χ0n) is 19.8. The van der Waals surface area contributed by atoms with Crippen molar-refractivity contribution in [2.75, 3.05) is 18.1 Å². The van der Waals surface area contributed by atoms with Crippen LogP contribution >= 0.6 is 11.6 Å². The van der Waals surface area contributed by atoms with Crippen molar-refractivity contribution >= 4 is 35.1 Å². The van der Waals surface area contributed by atoms with Crippen molar-refractivity contribution in [1.82, 2.24) is 4.90 Å². The number of likely N-dealkylation sites (tertiary alicyclic amines) is 1. The van der Waals surface area contributed by atoms with Crippen molar-refractivity contribution in [1.29, 1.82) is 0 Å². The minimum Gasteiger partial charge on any atom is -0.481 e. The van der Waals surface area contributed by atoms with Crippen molar-refractivity contribution < 1.29 is 29.3 Å². The van der Waals surface area contributed by atoms with Crippen LogP contribution in [0.2, 0.25) is 5.02 Å². The summed E-state index contributed by atoms with van der Waals surface area (Å²) in [6.07, 6.45) is 1.93. The predicted molar refractivity (Wildman–Crippen MR) is 127 cm³/mol. The molecule has 3 fully saturated rings. The smallest absolute Gasteiger partial charge is 0.310 e. The highest BCUT2D eigenvalue weighted by molar-refractivity contribution is 6.34. The number of benzene rings is 1. The van der Waals surface area contributed by atoms with E-state index in [1.54, 1.807) is 32.1 Å². The summed E-state index contributed by atoms with van der Waals surface area (Å²) in [6.45, 7) is 10.6. The molecule has 7 atom stereocenters. The number of carbonyl (C=O) groups is 3. The number of para-hydroxylation sites is 1. The molecule has 0 radical (unpaired) electrons. The van der Waals surface area contributed by atoms with Crippen LogP contribution in [0.25, 0.3) is 0 Å². The first-order valence-electron chi connectivity index (χ1n) is 11.5. The Bertz CT molecular complexity index is 1040. The zero-order valence-corrected chi connectivity index (χ0v) is 20.6. The minimum atomic E-state index is -1.32. The number of rotatable bonds is 7. The fourth-order valence-corrected chi connectivity index (χ4v) is 6.75. The third kappa shape index (κ3) is 3.15. The molecule has 0 aromatic heterocycles. The number of amides is 2. The zero-order chi connectivity index (χ0) is 25.2. The van der Waals surface area contributed by atoms with E-state index in [-0.39, 0.29) is 19.1 Å². The van der Waals surface area contributed by atoms with Gasteiger partial charge in [0.2, 0.25) is 5.91 Å². The van der Waals surface area contributed by atoms with Gasteiger partial charge in [-0.05, 0) is 44.7 Å².